The standard InChI is InChI=1S/C10H17N3/c1-4-5-6-11-7-10-8(2)12-13-9(10)3/h4,11H,1,5-7H2,2-3H3,(H,12,13). The normalized spacial score (nSPS) is 10.3. The topological polar surface area (TPSA) is 40.7 Å². The Balaban J connectivity index is 2.40. The highest BCUT2D eigenvalue weighted by Gasteiger charge is 2.04. The molecule has 2 N–H and O–H groups in total. The van der Waals surface area contributed by atoms with Crippen LogP contribution in [0, 0.1) is 13.8 Å². The maximum atomic E-state index is 4.13. The van der Waals surface area contributed by atoms with Gasteiger partial charge in [-0.15, -0.1) is 6.58 Å². The lowest BCUT2D eigenvalue weighted by Gasteiger charge is -2.02. The summed E-state index contributed by atoms with van der Waals surface area (Å²) in [6, 6.07) is 0. The highest BCUT2D eigenvalue weighted by molar-refractivity contribution is 5.22. The second-order valence-corrected chi connectivity index (χ2v) is 3.17. The highest BCUT2D eigenvalue weighted by atomic mass is 15.1. The van der Waals surface area contributed by atoms with Crippen LogP contribution >= 0.6 is 0 Å². The van der Waals surface area contributed by atoms with E-state index in [9.17, 15) is 0 Å². The highest BCUT2D eigenvalue weighted by Crippen LogP contribution is 2.07. The Morgan fingerprint density at radius 2 is 2.31 bits per heavy atom. The van der Waals surface area contributed by atoms with Crippen molar-refractivity contribution in [2.75, 3.05) is 6.54 Å². The summed E-state index contributed by atoms with van der Waals surface area (Å²) < 4.78 is 0. The molecule has 0 saturated heterocycles. The molecule has 1 heterocycles. The van der Waals surface area contributed by atoms with E-state index in [2.05, 4.69) is 22.1 Å². The Bertz CT molecular complexity index is 256. The Labute approximate surface area is 79.2 Å². The van der Waals surface area contributed by atoms with Crippen LogP contribution < -0.4 is 5.32 Å². The summed E-state index contributed by atoms with van der Waals surface area (Å²) >= 11 is 0. The SMILES string of the molecule is C=CCCNCc1c(C)n[nH]c1C. The Hall–Kier alpha value is -1.09. The number of H-pyrrole nitrogens is 1. The van der Waals surface area contributed by atoms with E-state index in [1.54, 1.807) is 0 Å². The molecule has 0 spiro atoms. The van der Waals surface area contributed by atoms with Crippen molar-refractivity contribution in [1.29, 1.82) is 0 Å². The van der Waals surface area contributed by atoms with Gasteiger partial charge < -0.3 is 5.32 Å². The number of nitrogens with one attached hydrogen (secondary N) is 2. The molecule has 0 saturated carbocycles. The molecule has 0 bridgehead atoms. The minimum atomic E-state index is 0.891. The van der Waals surface area contributed by atoms with Crippen LogP contribution in [0.2, 0.25) is 0 Å². The van der Waals surface area contributed by atoms with Crippen LogP contribution in [-0.4, -0.2) is 16.7 Å². The van der Waals surface area contributed by atoms with Crippen molar-refractivity contribution < 1.29 is 0 Å². The molecule has 1 rings (SSSR count). The molecule has 0 radical (unpaired) electrons. The first kappa shape index (κ1) is 9.99. The molecular weight excluding hydrogens is 162 g/mol. The van der Waals surface area contributed by atoms with E-state index in [0.717, 1.165) is 30.9 Å². The number of hydrogen-bond donors (Lipinski definition) is 2. The lowest BCUT2D eigenvalue weighted by molar-refractivity contribution is 0.691. The van der Waals surface area contributed by atoms with Crippen molar-refractivity contribution in [2.24, 2.45) is 0 Å². The van der Waals surface area contributed by atoms with Gasteiger partial charge in [0.2, 0.25) is 0 Å². The van der Waals surface area contributed by atoms with Crippen LogP contribution in [0.5, 0.6) is 0 Å². The van der Waals surface area contributed by atoms with Gasteiger partial charge in [-0.25, -0.2) is 0 Å². The van der Waals surface area contributed by atoms with Crippen LogP contribution in [0.1, 0.15) is 23.4 Å². The number of hydrogen-bond acceptors (Lipinski definition) is 2. The predicted molar refractivity (Wildman–Crippen MR) is 54.6 cm³/mol. The van der Waals surface area contributed by atoms with E-state index in [1.807, 2.05) is 19.9 Å². The van der Waals surface area contributed by atoms with E-state index in [-0.39, 0.29) is 0 Å². The molecule has 13 heavy (non-hydrogen) atoms. The average Bonchev–Trinajstić information content (AvgIpc) is 2.42. The van der Waals surface area contributed by atoms with Gasteiger partial charge >= 0.3 is 0 Å². The summed E-state index contributed by atoms with van der Waals surface area (Å²) in [7, 11) is 0. The molecule has 72 valence electrons. The molecule has 0 aliphatic carbocycles. The van der Waals surface area contributed by atoms with Gasteiger partial charge in [-0.2, -0.15) is 5.10 Å². The van der Waals surface area contributed by atoms with Crippen molar-refractivity contribution in [3.8, 4) is 0 Å². The lowest BCUT2D eigenvalue weighted by atomic mass is 10.2. The summed E-state index contributed by atoms with van der Waals surface area (Å²) in [5, 5.41) is 10.4. The van der Waals surface area contributed by atoms with Crippen molar-refractivity contribution >= 4 is 0 Å². The maximum absolute atomic E-state index is 4.13. The smallest absolute Gasteiger partial charge is 0.0638 e. The molecule has 0 aliphatic heterocycles. The average molecular weight is 179 g/mol. The zero-order chi connectivity index (χ0) is 9.68. The fraction of sp³-hybridized carbons (Fsp3) is 0.500. The van der Waals surface area contributed by atoms with E-state index >= 15 is 0 Å². The van der Waals surface area contributed by atoms with Crippen LogP contribution in [0.15, 0.2) is 12.7 Å². The Kier molecular flexibility index (Phi) is 3.71. The van der Waals surface area contributed by atoms with Crippen LogP contribution in [0.4, 0.5) is 0 Å². The number of aromatic amines is 1. The summed E-state index contributed by atoms with van der Waals surface area (Å²) in [5.41, 5.74) is 3.52. The second kappa shape index (κ2) is 4.82. The summed E-state index contributed by atoms with van der Waals surface area (Å²) in [6.45, 7) is 9.61. The van der Waals surface area contributed by atoms with Gasteiger partial charge in [0.1, 0.15) is 0 Å². The lowest BCUT2D eigenvalue weighted by Crippen LogP contribution is -2.14. The number of aromatic nitrogens is 2. The third-order valence-corrected chi connectivity index (χ3v) is 2.11. The first-order valence-corrected chi connectivity index (χ1v) is 4.57. The van der Waals surface area contributed by atoms with Gasteiger partial charge in [0.15, 0.2) is 0 Å². The fourth-order valence-corrected chi connectivity index (χ4v) is 1.25. The molecule has 0 unspecified atom stereocenters. The molecule has 3 nitrogen and oxygen atoms in total. The quantitative estimate of drug-likeness (QED) is 0.533. The molecule has 0 amide bonds. The van der Waals surface area contributed by atoms with E-state index in [4.69, 9.17) is 0 Å². The van der Waals surface area contributed by atoms with Gasteiger partial charge in [0.05, 0.1) is 5.69 Å². The van der Waals surface area contributed by atoms with Gasteiger partial charge in [0.25, 0.3) is 0 Å². The summed E-state index contributed by atoms with van der Waals surface area (Å²) in [4.78, 5) is 0. The van der Waals surface area contributed by atoms with Crippen molar-refractivity contribution in [3.05, 3.63) is 29.6 Å². The Morgan fingerprint density at radius 1 is 1.54 bits per heavy atom. The molecule has 1 aromatic heterocycles. The van der Waals surface area contributed by atoms with Crippen LogP contribution in [0.25, 0.3) is 0 Å². The Morgan fingerprint density at radius 3 is 2.85 bits per heavy atom. The second-order valence-electron chi connectivity index (χ2n) is 3.17. The molecular formula is C10H17N3. The van der Waals surface area contributed by atoms with Crippen molar-refractivity contribution in [2.45, 2.75) is 26.8 Å². The zero-order valence-corrected chi connectivity index (χ0v) is 8.35. The van der Waals surface area contributed by atoms with Gasteiger partial charge in [0, 0.05) is 17.8 Å². The van der Waals surface area contributed by atoms with Gasteiger partial charge in [-0.3, -0.25) is 5.10 Å². The molecule has 0 atom stereocenters. The summed E-state index contributed by atoms with van der Waals surface area (Å²) in [6.07, 6.45) is 2.93. The van der Waals surface area contributed by atoms with E-state index in [1.165, 1.54) is 5.56 Å². The van der Waals surface area contributed by atoms with Gasteiger partial charge in [-0.05, 0) is 26.8 Å². The third kappa shape index (κ3) is 2.70. The van der Waals surface area contributed by atoms with Crippen molar-refractivity contribution in [1.82, 2.24) is 15.5 Å². The number of nitrogens with zero attached hydrogens (tertiary/aromatic N) is 1. The van der Waals surface area contributed by atoms with Gasteiger partial charge in [-0.1, -0.05) is 6.08 Å². The number of aryl methyl sites for hydroxylation is 2. The molecule has 0 fully saturated rings. The predicted octanol–water partition coefficient (Wildman–Crippen LogP) is 1.69. The molecule has 0 aliphatic rings. The fourth-order valence-electron chi connectivity index (χ4n) is 1.25. The van der Waals surface area contributed by atoms with E-state index < -0.39 is 0 Å². The minimum absolute atomic E-state index is 0.891. The van der Waals surface area contributed by atoms with Crippen molar-refractivity contribution in [3.63, 3.8) is 0 Å². The zero-order valence-electron chi connectivity index (χ0n) is 8.35. The molecule has 1 aromatic rings. The third-order valence-electron chi connectivity index (χ3n) is 2.11. The van der Waals surface area contributed by atoms with Crippen LogP contribution in [0.3, 0.4) is 0 Å². The van der Waals surface area contributed by atoms with E-state index in [0.29, 0.717) is 0 Å². The maximum Gasteiger partial charge on any atom is 0.0638 e. The molecule has 0 aromatic carbocycles. The minimum Gasteiger partial charge on any atom is -0.312 e. The largest absolute Gasteiger partial charge is 0.312 e. The first-order valence-electron chi connectivity index (χ1n) is 4.57. The monoisotopic (exact) mass is 179 g/mol. The van der Waals surface area contributed by atoms with Crippen LogP contribution in [-0.2, 0) is 6.54 Å². The number of rotatable bonds is 5. The first-order chi connectivity index (χ1) is 6.25. The summed E-state index contributed by atoms with van der Waals surface area (Å²) in [5.74, 6) is 0. The molecule has 3 heteroatoms.